The number of carbonyl (C=O) groups is 1. The predicted molar refractivity (Wildman–Crippen MR) is 137 cm³/mol. The molecule has 0 aliphatic carbocycles. The molecule has 1 rings (SSSR count). The summed E-state index contributed by atoms with van der Waals surface area (Å²) in [6.45, 7) is 0. The Balaban J connectivity index is 1.72. The summed E-state index contributed by atoms with van der Waals surface area (Å²) < 4.78 is 0. The van der Waals surface area contributed by atoms with E-state index in [4.69, 9.17) is 5.26 Å². The first-order valence-electron chi connectivity index (χ1n) is 13.5. The summed E-state index contributed by atoms with van der Waals surface area (Å²) in [5, 5.41) is 8.50. The van der Waals surface area contributed by atoms with Crippen LogP contribution in [0.5, 0.6) is 0 Å². The number of aromatic amines is 1. The summed E-state index contributed by atoms with van der Waals surface area (Å²) in [5.74, 6) is 0. The van der Waals surface area contributed by atoms with E-state index in [0.29, 0.717) is 5.69 Å². The fourth-order valence-electron chi connectivity index (χ4n) is 4.25. The van der Waals surface area contributed by atoms with Gasteiger partial charge < -0.3 is 4.98 Å². The Bertz CT molecular complexity index is 611. The SMILES string of the molecule is N#CCCCCCCCCCCCCCCCCC=CCCCCCc1ccc(C=O)[nH]1. The summed E-state index contributed by atoms with van der Waals surface area (Å²) in [6.07, 6.45) is 32.6. The number of nitrogens with zero attached hydrogens (tertiary/aromatic N) is 1. The number of rotatable bonds is 23. The first-order valence-corrected chi connectivity index (χ1v) is 13.5. The number of hydrogen-bond acceptors (Lipinski definition) is 2. The molecule has 0 aromatic carbocycles. The quantitative estimate of drug-likeness (QED) is 0.105. The molecule has 0 unspecified atom stereocenters. The molecule has 0 saturated carbocycles. The minimum absolute atomic E-state index is 0.685. The van der Waals surface area contributed by atoms with E-state index in [0.717, 1.165) is 25.5 Å². The molecule has 3 heteroatoms. The van der Waals surface area contributed by atoms with Crippen LogP contribution in [0.25, 0.3) is 0 Å². The molecule has 0 spiro atoms. The van der Waals surface area contributed by atoms with Crippen molar-refractivity contribution in [1.82, 2.24) is 4.98 Å². The van der Waals surface area contributed by atoms with E-state index in [1.54, 1.807) is 0 Å². The van der Waals surface area contributed by atoms with Crippen molar-refractivity contribution in [3.8, 4) is 6.07 Å². The fraction of sp³-hybridized carbons (Fsp3) is 0.724. The van der Waals surface area contributed by atoms with E-state index in [1.165, 1.54) is 121 Å². The van der Waals surface area contributed by atoms with E-state index < -0.39 is 0 Å². The van der Waals surface area contributed by atoms with E-state index >= 15 is 0 Å². The number of aldehydes is 1. The maximum absolute atomic E-state index is 10.7. The molecule has 0 radical (unpaired) electrons. The second kappa shape index (κ2) is 22.4. The number of aromatic nitrogens is 1. The molecule has 1 N–H and O–H groups in total. The Morgan fingerprint density at radius 2 is 1.12 bits per heavy atom. The highest BCUT2D eigenvalue weighted by molar-refractivity contribution is 5.71. The number of aryl methyl sites for hydroxylation is 1. The molecule has 1 aromatic heterocycles. The lowest BCUT2D eigenvalue weighted by atomic mass is 10.0. The molecule has 0 amide bonds. The number of allylic oxidation sites excluding steroid dienone is 2. The van der Waals surface area contributed by atoms with Crippen molar-refractivity contribution in [2.75, 3.05) is 0 Å². The summed E-state index contributed by atoms with van der Waals surface area (Å²) in [4.78, 5) is 13.8. The Kier molecular flexibility index (Phi) is 19.7. The van der Waals surface area contributed by atoms with Gasteiger partial charge in [0.15, 0.2) is 6.29 Å². The monoisotopic (exact) mass is 440 g/mol. The van der Waals surface area contributed by atoms with Gasteiger partial charge in [0.2, 0.25) is 0 Å². The molecule has 0 saturated heterocycles. The van der Waals surface area contributed by atoms with Crippen LogP contribution >= 0.6 is 0 Å². The van der Waals surface area contributed by atoms with Crippen LogP contribution in [0.15, 0.2) is 24.3 Å². The maximum atomic E-state index is 10.7. The second-order valence-corrected chi connectivity index (χ2v) is 9.27. The largest absolute Gasteiger partial charge is 0.356 e. The standard InChI is InChI=1S/C29H48N2O/c30-26-22-20-18-16-14-12-10-8-6-4-2-1-3-5-7-9-11-13-15-17-19-21-23-28-24-25-29(27-32)31-28/h11,13,24-25,27,31H,1-10,12,14-23H2. The van der Waals surface area contributed by atoms with E-state index in [9.17, 15) is 4.79 Å². The van der Waals surface area contributed by atoms with Crippen LogP contribution < -0.4 is 0 Å². The summed E-state index contributed by atoms with van der Waals surface area (Å²) in [7, 11) is 0. The molecule has 0 aliphatic rings. The zero-order valence-corrected chi connectivity index (χ0v) is 20.6. The average Bonchev–Trinajstić information content (AvgIpc) is 3.27. The van der Waals surface area contributed by atoms with Gasteiger partial charge in [0.25, 0.3) is 0 Å². The van der Waals surface area contributed by atoms with E-state index in [2.05, 4.69) is 23.2 Å². The summed E-state index contributed by atoms with van der Waals surface area (Å²) in [5.41, 5.74) is 1.86. The highest BCUT2D eigenvalue weighted by atomic mass is 16.1. The van der Waals surface area contributed by atoms with Gasteiger partial charge in [-0.25, -0.2) is 0 Å². The van der Waals surface area contributed by atoms with Crippen molar-refractivity contribution >= 4 is 6.29 Å². The molecular formula is C29H48N2O. The van der Waals surface area contributed by atoms with Crippen molar-refractivity contribution in [2.24, 2.45) is 0 Å². The van der Waals surface area contributed by atoms with Gasteiger partial charge in [-0.1, -0.05) is 95.6 Å². The van der Waals surface area contributed by atoms with Gasteiger partial charge in [-0.2, -0.15) is 5.26 Å². The van der Waals surface area contributed by atoms with Crippen LogP contribution in [0.3, 0.4) is 0 Å². The van der Waals surface area contributed by atoms with Crippen LogP contribution in [0, 0.1) is 11.3 Å². The molecule has 1 aromatic rings. The molecule has 1 heterocycles. The van der Waals surface area contributed by atoms with Gasteiger partial charge in [0, 0.05) is 12.1 Å². The zero-order chi connectivity index (χ0) is 23.0. The lowest BCUT2D eigenvalue weighted by Crippen LogP contribution is -1.87. The molecule has 0 aliphatic heterocycles. The summed E-state index contributed by atoms with van der Waals surface area (Å²) >= 11 is 0. The number of H-pyrrole nitrogens is 1. The molecule has 0 fully saturated rings. The highest BCUT2D eigenvalue weighted by Crippen LogP contribution is 2.14. The van der Waals surface area contributed by atoms with Gasteiger partial charge in [-0.3, -0.25) is 4.79 Å². The van der Waals surface area contributed by atoms with Crippen LogP contribution in [0.2, 0.25) is 0 Å². The number of nitriles is 1. The van der Waals surface area contributed by atoms with E-state index in [1.807, 2.05) is 12.1 Å². The Morgan fingerprint density at radius 3 is 1.59 bits per heavy atom. The first-order chi connectivity index (χ1) is 15.9. The Hall–Kier alpha value is -1.82. The van der Waals surface area contributed by atoms with Crippen LogP contribution in [0.1, 0.15) is 145 Å². The van der Waals surface area contributed by atoms with Gasteiger partial charge >= 0.3 is 0 Å². The smallest absolute Gasteiger partial charge is 0.166 e. The highest BCUT2D eigenvalue weighted by Gasteiger charge is 1.97. The van der Waals surface area contributed by atoms with Crippen molar-refractivity contribution in [2.45, 2.75) is 135 Å². The first kappa shape index (κ1) is 28.2. The summed E-state index contributed by atoms with van der Waals surface area (Å²) in [6, 6.07) is 6.11. The van der Waals surface area contributed by atoms with Gasteiger partial charge in [-0.05, 0) is 57.1 Å². The fourth-order valence-corrected chi connectivity index (χ4v) is 4.25. The molecule has 180 valence electrons. The average molecular weight is 441 g/mol. The number of hydrogen-bond donors (Lipinski definition) is 1. The van der Waals surface area contributed by atoms with Crippen LogP contribution in [-0.2, 0) is 6.42 Å². The lowest BCUT2D eigenvalue weighted by Gasteiger charge is -2.03. The van der Waals surface area contributed by atoms with Crippen LogP contribution in [-0.4, -0.2) is 11.3 Å². The molecule has 32 heavy (non-hydrogen) atoms. The van der Waals surface area contributed by atoms with Crippen LogP contribution in [0.4, 0.5) is 0 Å². The zero-order valence-electron chi connectivity index (χ0n) is 20.6. The van der Waals surface area contributed by atoms with Gasteiger partial charge in [0.1, 0.15) is 0 Å². The molecule has 3 nitrogen and oxygen atoms in total. The minimum Gasteiger partial charge on any atom is -0.356 e. The van der Waals surface area contributed by atoms with Crippen molar-refractivity contribution in [3.05, 3.63) is 35.7 Å². The molecular weight excluding hydrogens is 392 g/mol. The van der Waals surface area contributed by atoms with Crippen molar-refractivity contribution in [3.63, 3.8) is 0 Å². The Labute approximate surface area is 198 Å². The van der Waals surface area contributed by atoms with E-state index in [-0.39, 0.29) is 0 Å². The topological polar surface area (TPSA) is 56.6 Å². The maximum Gasteiger partial charge on any atom is 0.166 e. The van der Waals surface area contributed by atoms with Crippen molar-refractivity contribution in [1.29, 1.82) is 5.26 Å². The minimum atomic E-state index is 0.685. The third-order valence-corrected chi connectivity index (χ3v) is 6.29. The number of nitrogens with one attached hydrogen (secondary N) is 1. The molecule has 0 bridgehead atoms. The molecule has 0 atom stereocenters. The number of unbranched alkanes of at least 4 members (excludes halogenated alkanes) is 18. The Morgan fingerprint density at radius 1 is 0.656 bits per heavy atom. The predicted octanol–water partition coefficient (Wildman–Crippen LogP) is 9.25. The third-order valence-electron chi connectivity index (χ3n) is 6.29. The second-order valence-electron chi connectivity index (χ2n) is 9.27. The lowest BCUT2D eigenvalue weighted by molar-refractivity contribution is 0.111. The number of carbonyl (C=O) groups excluding carboxylic acids is 1. The van der Waals surface area contributed by atoms with Crippen molar-refractivity contribution < 1.29 is 4.79 Å². The third kappa shape index (κ3) is 17.8. The van der Waals surface area contributed by atoms with Gasteiger partial charge in [-0.15, -0.1) is 0 Å². The normalized spacial score (nSPS) is 11.2. The van der Waals surface area contributed by atoms with Gasteiger partial charge in [0.05, 0.1) is 11.8 Å².